The summed E-state index contributed by atoms with van der Waals surface area (Å²) < 4.78 is 5.45. The van der Waals surface area contributed by atoms with Gasteiger partial charge in [-0.1, -0.05) is 12.1 Å². The van der Waals surface area contributed by atoms with E-state index in [0.29, 0.717) is 11.4 Å². The smallest absolute Gasteiger partial charge is 0.262 e. The number of phenols is 1. The topological polar surface area (TPSA) is 58.6 Å². The van der Waals surface area contributed by atoms with Gasteiger partial charge in [0.15, 0.2) is 6.61 Å². The Labute approximate surface area is 124 Å². The third kappa shape index (κ3) is 3.99. The largest absolute Gasteiger partial charge is 0.506 e. The standard InChI is InChI=1S/C17H19NO3/c1-11-4-7-15(16(19)8-11)18-17(20)10-21-14-6-5-12(2)13(3)9-14/h4-9,19H,10H2,1-3H3,(H,18,20). The summed E-state index contributed by atoms with van der Waals surface area (Å²) in [6.07, 6.45) is 0. The minimum atomic E-state index is -0.313. The second-order valence-corrected chi connectivity index (χ2v) is 5.10. The molecule has 4 heteroatoms. The summed E-state index contributed by atoms with van der Waals surface area (Å²) in [5.41, 5.74) is 3.60. The van der Waals surface area contributed by atoms with Gasteiger partial charge in [-0.15, -0.1) is 0 Å². The van der Waals surface area contributed by atoms with Crippen molar-refractivity contribution >= 4 is 11.6 Å². The molecule has 0 heterocycles. The fraction of sp³-hybridized carbons (Fsp3) is 0.235. The average molecular weight is 285 g/mol. The van der Waals surface area contributed by atoms with Gasteiger partial charge in [-0.2, -0.15) is 0 Å². The Hall–Kier alpha value is -2.49. The van der Waals surface area contributed by atoms with Gasteiger partial charge in [-0.3, -0.25) is 4.79 Å². The molecular formula is C17H19NO3. The highest BCUT2D eigenvalue weighted by molar-refractivity contribution is 5.93. The van der Waals surface area contributed by atoms with Crippen molar-refractivity contribution in [3.8, 4) is 11.5 Å². The molecule has 0 saturated heterocycles. The van der Waals surface area contributed by atoms with Gasteiger partial charge in [-0.25, -0.2) is 0 Å². The molecule has 0 aliphatic carbocycles. The van der Waals surface area contributed by atoms with Gasteiger partial charge in [0.2, 0.25) is 0 Å². The molecule has 2 aromatic carbocycles. The summed E-state index contributed by atoms with van der Waals surface area (Å²) in [6, 6.07) is 10.8. The van der Waals surface area contributed by atoms with Crippen LogP contribution in [-0.2, 0) is 4.79 Å². The van der Waals surface area contributed by atoms with Crippen LogP contribution in [0.25, 0.3) is 0 Å². The maximum atomic E-state index is 11.8. The van der Waals surface area contributed by atoms with Gasteiger partial charge < -0.3 is 15.2 Å². The lowest BCUT2D eigenvalue weighted by Gasteiger charge is -2.10. The summed E-state index contributed by atoms with van der Waals surface area (Å²) in [7, 11) is 0. The number of nitrogens with one attached hydrogen (secondary N) is 1. The zero-order valence-electron chi connectivity index (χ0n) is 12.4. The van der Waals surface area contributed by atoms with Crippen LogP contribution in [-0.4, -0.2) is 17.6 Å². The SMILES string of the molecule is Cc1ccc(NC(=O)COc2ccc(C)c(C)c2)c(O)c1. The fourth-order valence-electron chi connectivity index (χ4n) is 1.89. The molecule has 2 rings (SSSR count). The second-order valence-electron chi connectivity index (χ2n) is 5.10. The molecule has 2 N–H and O–H groups in total. The molecule has 0 aliphatic heterocycles. The van der Waals surface area contributed by atoms with Crippen molar-refractivity contribution in [2.75, 3.05) is 11.9 Å². The van der Waals surface area contributed by atoms with Gasteiger partial charge in [0.1, 0.15) is 11.5 Å². The number of amides is 1. The molecule has 0 atom stereocenters. The number of aryl methyl sites for hydroxylation is 3. The van der Waals surface area contributed by atoms with Crippen molar-refractivity contribution in [1.82, 2.24) is 0 Å². The zero-order valence-corrected chi connectivity index (χ0v) is 12.4. The minimum absolute atomic E-state index is 0.0505. The maximum absolute atomic E-state index is 11.8. The molecule has 0 aliphatic rings. The number of anilines is 1. The van der Waals surface area contributed by atoms with Crippen molar-refractivity contribution in [3.05, 3.63) is 53.1 Å². The molecule has 0 bridgehead atoms. The van der Waals surface area contributed by atoms with E-state index < -0.39 is 0 Å². The molecule has 0 saturated carbocycles. The van der Waals surface area contributed by atoms with E-state index in [1.165, 1.54) is 5.56 Å². The second kappa shape index (κ2) is 6.31. The van der Waals surface area contributed by atoms with Crippen LogP contribution in [0, 0.1) is 20.8 Å². The number of carbonyl (C=O) groups excluding carboxylic acids is 1. The van der Waals surface area contributed by atoms with Crippen LogP contribution in [0.2, 0.25) is 0 Å². The molecule has 2 aromatic rings. The highest BCUT2D eigenvalue weighted by Crippen LogP contribution is 2.23. The number of rotatable bonds is 4. The van der Waals surface area contributed by atoms with E-state index >= 15 is 0 Å². The van der Waals surface area contributed by atoms with E-state index in [2.05, 4.69) is 5.32 Å². The van der Waals surface area contributed by atoms with Crippen LogP contribution in [0.3, 0.4) is 0 Å². The summed E-state index contributed by atoms with van der Waals surface area (Å²) in [4.78, 5) is 11.8. The highest BCUT2D eigenvalue weighted by Gasteiger charge is 2.07. The van der Waals surface area contributed by atoms with E-state index in [-0.39, 0.29) is 18.3 Å². The number of phenolic OH excluding ortho intramolecular Hbond substituents is 1. The first-order chi connectivity index (χ1) is 9.95. The molecule has 21 heavy (non-hydrogen) atoms. The van der Waals surface area contributed by atoms with E-state index in [1.54, 1.807) is 12.1 Å². The van der Waals surface area contributed by atoms with Crippen LogP contribution >= 0.6 is 0 Å². The normalized spacial score (nSPS) is 10.2. The summed E-state index contributed by atoms with van der Waals surface area (Å²) >= 11 is 0. The number of hydrogen-bond donors (Lipinski definition) is 2. The van der Waals surface area contributed by atoms with Crippen LogP contribution in [0.5, 0.6) is 11.5 Å². The van der Waals surface area contributed by atoms with Crippen LogP contribution in [0.1, 0.15) is 16.7 Å². The first kappa shape index (κ1) is 14.9. The van der Waals surface area contributed by atoms with Crippen LogP contribution in [0.15, 0.2) is 36.4 Å². The quantitative estimate of drug-likeness (QED) is 0.847. The number of ether oxygens (including phenoxy) is 1. The van der Waals surface area contributed by atoms with E-state index in [9.17, 15) is 9.90 Å². The number of carbonyl (C=O) groups is 1. The third-order valence-corrected chi connectivity index (χ3v) is 3.28. The van der Waals surface area contributed by atoms with Gasteiger partial charge in [0.05, 0.1) is 5.69 Å². The Bertz CT molecular complexity index is 665. The Kier molecular flexibility index (Phi) is 4.48. The monoisotopic (exact) mass is 285 g/mol. The maximum Gasteiger partial charge on any atom is 0.262 e. The van der Waals surface area contributed by atoms with Gasteiger partial charge in [-0.05, 0) is 61.7 Å². The summed E-state index contributed by atoms with van der Waals surface area (Å²) in [6.45, 7) is 5.78. The Morgan fingerprint density at radius 2 is 1.86 bits per heavy atom. The average Bonchev–Trinajstić information content (AvgIpc) is 2.43. The van der Waals surface area contributed by atoms with E-state index in [0.717, 1.165) is 11.1 Å². The van der Waals surface area contributed by atoms with Gasteiger partial charge in [0, 0.05) is 0 Å². The summed E-state index contributed by atoms with van der Waals surface area (Å²) in [5, 5.41) is 12.4. The highest BCUT2D eigenvalue weighted by atomic mass is 16.5. The van der Waals surface area contributed by atoms with Crippen LogP contribution < -0.4 is 10.1 Å². The van der Waals surface area contributed by atoms with E-state index in [1.807, 2.05) is 45.0 Å². The Morgan fingerprint density at radius 1 is 1.10 bits per heavy atom. The fourth-order valence-corrected chi connectivity index (χ4v) is 1.89. The molecular weight excluding hydrogens is 266 g/mol. The third-order valence-electron chi connectivity index (χ3n) is 3.28. The molecule has 1 amide bonds. The lowest BCUT2D eigenvalue weighted by Crippen LogP contribution is -2.20. The van der Waals surface area contributed by atoms with Gasteiger partial charge in [0.25, 0.3) is 5.91 Å². The van der Waals surface area contributed by atoms with Crippen molar-refractivity contribution in [1.29, 1.82) is 0 Å². The summed E-state index contributed by atoms with van der Waals surface area (Å²) in [5.74, 6) is 0.392. The lowest BCUT2D eigenvalue weighted by molar-refractivity contribution is -0.118. The van der Waals surface area contributed by atoms with Crippen molar-refractivity contribution in [2.24, 2.45) is 0 Å². The number of aromatic hydroxyl groups is 1. The Morgan fingerprint density at radius 3 is 2.52 bits per heavy atom. The molecule has 0 aromatic heterocycles. The zero-order chi connectivity index (χ0) is 15.4. The molecule has 0 fully saturated rings. The number of hydrogen-bond acceptors (Lipinski definition) is 3. The number of benzene rings is 2. The predicted octanol–water partition coefficient (Wildman–Crippen LogP) is 3.33. The first-order valence-electron chi connectivity index (χ1n) is 6.75. The molecule has 0 unspecified atom stereocenters. The molecule has 0 radical (unpaired) electrons. The Balaban J connectivity index is 1.94. The van der Waals surface area contributed by atoms with Crippen molar-refractivity contribution in [2.45, 2.75) is 20.8 Å². The molecule has 110 valence electrons. The molecule has 0 spiro atoms. The van der Waals surface area contributed by atoms with Crippen molar-refractivity contribution < 1.29 is 14.6 Å². The first-order valence-corrected chi connectivity index (χ1v) is 6.75. The predicted molar refractivity (Wildman–Crippen MR) is 82.9 cm³/mol. The van der Waals surface area contributed by atoms with E-state index in [4.69, 9.17) is 4.74 Å². The minimum Gasteiger partial charge on any atom is -0.506 e. The molecule has 4 nitrogen and oxygen atoms in total. The lowest BCUT2D eigenvalue weighted by atomic mass is 10.1. The van der Waals surface area contributed by atoms with Crippen LogP contribution in [0.4, 0.5) is 5.69 Å². The van der Waals surface area contributed by atoms with Crippen molar-refractivity contribution in [3.63, 3.8) is 0 Å². The van der Waals surface area contributed by atoms with Gasteiger partial charge >= 0.3 is 0 Å².